The second-order valence-electron chi connectivity index (χ2n) is 4.65. The number of hydrogen-bond acceptors (Lipinski definition) is 6. The minimum atomic E-state index is 0.518. The molecule has 1 aromatic rings. The smallest absolute Gasteiger partial charge is 0.131 e. The summed E-state index contributed by atoms with van der Waals surface area (Å²) in [6.07, 6.45) is 1.06. The third-order valence-corrected chi connectivity index (χ3v) is 4.25. The van der Waals surface area contributed by atoms with E-state index in [1.54, 1.807) is 18.4 Å². The molecule has 102 valence electrons. The average molecular weight is 271 g/mol. The van der Waals surface area contributed by atoms with Gasteiger partial charge in [0.15, 0.2) is 0 Å². The van der Waals surface area contributed by atoms with Crippen molar-refractivity contribution in [3.05, 3.63) is 10.0 Å². The van der Waals surface area contributed by atoms with Crippen LogP contribution in [-0.4, -0.2) is 43.7 Å². The van der Waals surface area contributed by atoms with Crippen molar-refractivity contribution in [1.29, 1.82) is 0 Å². The Morgan fingerprint density at radius 1 is 1.50 bits per heavy atom. The van der Waals surface area contributed by atoms with Crippen molar-refractivity contribution in [1.82, 2.24) is 15.5 Å². The number of nitrogens with one attached hydrogen (secondary N) is 1. The van der Waals surface area contributed by atoms with Gasteiger partial charge in [-0.2, -0.15) is 0 Å². The topological polar surface area (TPSA) is 56.3 Å². The zero-order valence-electron chi connectivity index (χ0n) is 11.0. The third-order valence-electron chi connectivity index (χ3n) is 3.20. The minimum Gasteiger partial charge on any atom is -0.383 e. The van der Waals surface area contributed by atoms with Crippen LogP contribution >= 0.6 is 11.3 Å². The summed E-state index contributed by atoms with van der Waals surface area (Å²) in [6, 6.07) is 0. The van der Waals surface area contributed by atoms with Crippen LogP contribution in [0.25, 0.3) is 0 Å². The monoisotopic (exact) mass is 271 g/mol. The second kappa shape index (κ2) is 7.13. The Morgan fingerprint density at radius 2 is 2.39 bits per heavy atom. The molecule has 0 spiro atoms. The van der Waals surface area contributed by atoms with Crippen LogP contribution in [0.4, 0.5) is 0 Å². The molecule has 2 rings (SSSR count). The van der Waals surface area contributed by atoms with E-state index >= 15 is 0 Å². The molecule has 0 bridgehead atoms. The van der Waals surface area contributed by atoms with Crippen molar-refractivity contribution in [2.45, 2.75) is 25.8 Å². The summed E-state index contributed by atoms with van der Waals surface area (Å²) in [5.41, 5.74) is 0. The molecular weight excluding hydrogens is 250 g/mol. The fourth-order valence-corrected chi connectivity index (χ4v) is 3.18. The van der Waals surface area contributed by atoms with E-state index in [0.29, 0.717) is 11.8 Å². The molecule has 1 fully saturated rings. The first-order valence-corrected chi connectivity index (χ1v) is 7.22. The molecule has 6 heteroatoms. The lowest BCUT2D eigenvalue weighted by Crippen LogP contribution is -2.23. The van der Waals surface area contributed by atoms with E-state index < -0.39 is 0 Å². The lowest BCUT2D eigenvalue weighted by molar-refractivity contribution is 0.0471. The van der Waals surface area contributed by atoms with E-state index in [1.165, 1.54) is 0 Å². The number of ether oxygens (including phenoxy) is 2. The van der Waals surface area contributed by atoms with Gasteiger partial charge < -0.3 is 14.8 Å². The highest BCUT2D eigenvalue weighted by atomic mass is 32.1. The van der Waals surface area contributed by atoms with E-state index in [1.807, 2.05) is 0 Å². The van der Waals surface area contributed by atoms with Crippen molar-refractivity contribution < 1.29 is 9.47 Å². The molecule has 1 N–H and O–H groups in total. The minimum absolute atomic E-state index is 0.518. The van der Waals surface area contributed by atoms with Crippen LogP contribution in [0.2, 0.25) is 0 Å². The summed E-state index contributed by atoms with van der Waals surface area (Å²) in [7, 11) is 1.71. The fourth-order valence-electron chi connectivity index (χ4n) is 2.10. The van der Waals surface area contributed by atoms with Gasteiger partial charge in [0.2, 0.25) is 0 Å². The first-order chi connectivity index (χ1) is 8.81. The van der Waals surface area contributed by atoms with E-state index in [-0.39, 0.29) is 0 Å². The van der Waals surface area contributed by atoms with Gasteiger partial charge in [-0.1, -0.05) is 18.3 Å². The van der Waals surface area contributed by atoms with Crippen LogP contribution in [0.5, 0.6) is 0 Å². The van der Waals surface area contributed by atoms with E-state index in [9.17, 15) is 0 Å². The van der Waals surface area contributed by atoms with Gasteiger partial charge in [-0.3, -0.25) is 0 Å². The van der Waals surface area contributed by atoms with Crippen LogP contribution in [-0.2, 0) is 16.0 Å². The lowest BCUT2D eigenvalue weighted by atomic mass is 9.91. The quantitative estimate of drug-likeness (QED) is 0.793. The van der Waals surface area contributed by atoms with Crippen molar-refractivity contribution in [3.8, 4) is 0 Å². The SMILES string of the molecule is COCCNCc1nnc(C2CCOCC2C)s1. The first-order valence-electron chi connectivity index (χ1n) is 6.41. The van der Waals surface area contributed by atoms with E-state index in [0.717, 1.165) is 49.3 Å². The molecule has 5 nitrogen and oxygen atoms in total. The predicted molar refractivity (Wildman–Crippen MR) is 70.8 cm³/mol. The van der Waals surface area contributed by atoms with Crippen LogP contribution in [0.15, 0.2) is 0 Å². The third kappa shape index (κ3) is 3.71. The van der Waals surface area contributed by atoms with Gasteiger partial charge in [0, 0.05) is 39.3 Å². The van der Waals surface area contributed by atoms with Gasteiger partial charge >= 0.3 is 0 Å². The zero-order valence-corrected chi connectivity index (χ0v) is 11.8. The number of hydrogen-bond donors (Lipinski definition) is 1. The fraction of sp³-hybridized carbons (Fsp3) is 0.833. The van der Waals surface area contributed by atoms with Crippen molar-refractivity contribution in [2.75, 3.05) is 33.5 Å². The highest BCUT2D eigenvalue weighted by Crippen LogP contribution is 2.33. The van der Waals surface area contributed by atoms with E-state index in [4.69, 9.17) is 9.47 Å². The Bertz CT molecular complexity index is 359. The molecular formula is C12H21N3O2S. The Morgan fingerprint density at radius 3 is 3.17 bits per heavy atom. The molecule has 1 aromatic heterocycles. The second-order valence-corrected chi connectivity index (χ2v) is 5.74. The summed E-state index contributed by atoms with van der Waals surface area (Å²) in [6.45, 7) is 6.25. The molecule has 18 heavy (non-hydrogen) atoms. The number of aromatic nitrogens is 2. The summed E-state index contributed by atoms with van der Waals surface area (Å²) in [5.74, 6) is 1.06. The normalized spacial score (nSPS) is 24.3. The number of methoxy groups -OCH3 is 1. The molecule has 2 atom stereocenters. The molecule has 1 saturated heterocycles. The van der Waals surface area contributed by atoms with Gasteiger partial charge in [0.05, 0.1) is 6.61 Å². The van der Waals surface area contributed by atoms with Gasteiger partial charge in [0.25, 0.3) is 0 Å². The largest absolute Gasteiger partial charge is 0.383 e. The highest BCUT2D eigenvalue weighted by Gasteiger charge is 2.26. The molecule has 0 radical (unpaired) electrons. The standard InChI is InChI=1S/C12H21N3O2S/c1-9-8-17-5-3-10(9)12-15-14-11(18-12)7-13-4-6-16-2/h9-10,13H,3-8H2,1-2H3. The van der Waals surface area contributed by atoms with Crippen LogP contribution in [0.3, 0.4) is 0 Å². The van der Waals surface area contributed by atoms with Gasteiger partial charge in [-0.15, -0.1) is 10.2 Å². The average Bonchev–Trinajstić information content (AvgIpc) is 2.84. The van der Waals surface area contributed by atoms with E-state index in [2.05, 4.69) is 22.4 Å². The maximum atomic E-state index is 5.46. The molecule has 1 aliphatic heterocycles. The highest BCUT2D eigenvalue weighted by molar-refractivity contribution is 7.11. The molecule has 2 heterocycles. The Hall–Kier alpha value is -0.560. The van der Waals surface area contributed by atoms with Crippen LogP contribution in [0, 0.1) is 5.92 Å². The Kier molecular flexibility index (Phi) is 5.49. The molecule has 0 aromatic carbocycles. The molecule has 2 unspecified atom stereocenters. The van der Waals surface area contributed by atoms with Gasteiger partial charge in [-0.05, 0) is 12.3 Å². The number of rotatable bonds is 6. The van der Waals surface area contributed by atoms with Crippen molar-refractivity contribution in [3.63, 3.8) is 0 Å². The van der Waals surface area contributed by atoms with Crippen molar-refractivity contribution >= 4 is 11.3 Å². The zero-order chi connectivity index (χ0) is 12.8. The Balaban J connectivity index is 1.85. The van der Waals surface area contributed by atoms with Gasteiger partial charge in [-0.25, -0.2) is 0 Å². The predicted octanol–water partition coefficient (Wildman–Crippen LogP) is 1.41. The Labute approximate surface area is 112 Å². The molecule has 0 amide bonds. The first kappa shape index (κ1) is 13.9. The molecule has 1 aliphatic rings. The maximum Gasteiger partial charge on any atom is 0.131 e. The number of nitrogens with zero attached hydrogens (tertiary/aromatic N) is 2. The molecule has 0 aliphatic carbocycles. The summed E-state index contributed by atoms with van der Waals surface area (Å²) in [5, 5.41) is 14.1. The molecule has 0 saturated carbocycles. The summed E-state index contributed by atoms with van der Waals surface area (Å²) >= 11 is 1.72. The van der Waals surface area contributed by atoms with Gasteiger partial charge in [0.1, 0.15) is 10.0 Å². The summed E-state index contributed by atoms with van der Waals surface area (Å²) < 4.78 is 10.4. The lowest BCUT2D eigenvalue weighted by Gasteiger charge is -2.26. The maximum absolute atomic E-state index is 5.46. The summed E-state index contributed by atoms with van der Waals surface area (Å²) in [4.78, 5) is 0. The van der Waals surface area contributed by atoms with Crippen molar-refractivity contribution in [2.24, 2.45) is 5.92 Å². The van der Waals surface area contributed by atoms with Crippen LogP contribution in [0.1, 0.15) is 29.3 Å². The van der Waals surface area contributed by atoms with Crippen LogP contribution < -0.4 is 5.32 Å².